The second-order valence-electron chi connectivity index (χ2n) is 6.41. The first kappa shape index (κ1) is 26.2. The molecule has 10 heteroatoms. The maximum Gasteiger partial charge on any atom is 0.508 e. The van der Waals surface area contributed by atoms with Crippen molar-refractivity contribution in [2.45, 2.75) is 13.2 Å². The summed E-state index contributed by atoms with van der Waals surface area (Å²) in [7, 11) is 1.18. The average Bonchev–Trinajstić information content (AvgIpc) is 2.75. The van der Waals surface area contributed by atoms with Crippen molar-refractivity contribution in [3.05, 3.63) is 35.4 Å². The van der Waals surface area contributed by atoms with Crippen LogP contribution in [0.2, 0.25) is 0 Å². The molecule has 0 saturated carbocycles. The van der Waals surface area contributed by atoms with Crippen LogP contribution < -0.4 is 0 Å². The zero-order valence-corrected chi connectivity index (χ0v) is 18.1. The van der Waals surface area contributed by atoms with Crippen LogP contribution in [0.5, 0.6) is 0 Å². The first-order valence-electron chi connectivity index (χ1n) is 9.61. The molecule has 1 aromatic carbocycles. The molecule has 0 spiro atoms. The molecule has 170 valence electrons. The van der Waals surface area contributed by atoms with E-state index in [-0.39, 0.29) is 33.0 Å². The molecule has 30 heavy (non-hydrogen) atoms. The highest BCUT2D eigenvalue weighted by molar-refractivity contribution is 7.80. The van der Waals surface area contributed by atoms with Crippen LogP contribution in [0.1, 0.15) is 11.1 Å². The number of methoxy groups -OCH3 is 1. The zero-order valence-electron chi connectivity index (χ0n) is 17.2. The van der Waals surface area contributed by atoms with Crippen molar-refractivity contribution in [1.82, 2.24) is 4.90 Å². The van der Waals surface area contributed by atoms with Crippen LogP contribution >= 0.6 is 12.6 Å². The van der Waals surface area contributed by atoms with Crippen LogP contribution in [0, 0.1) is 5.92 Å². The van der Waals surface area contributed by atoms with Crippen LogP contribution in [-0.4, -0.2) is 86.2 Å². The molecule has 0 heterocycles. The third-order valence-electron chi connectivity index (χ3n) is 4.10. The van der Waals surface area contributed by atoms with Gasteiger partial charge in [0.15, 0.2) is 0 Å². The summed E-state index contributed by atoms with van der Waals surface area (Å²) in [5.41, 5.74) is 1.81. The third-order valence-corrected chi connectivity index (χ3v) is 4.28. The Balaban J connectivity index is 2.57. The topological polar surface area (TPSA) is 115 Å². The van der Waals surface area contributed by atoms with Gasteiger partial charge in [0.2, 0.25) is 0 Å². The van der Waals surface area contributed by atoms with Gasteiger partial charge in [-0.3, -0.25) is 9.69 Å². The maximum atomic E-state index is 12.4. The van der Waals surface area contributed by atoms with E-state index in [0.717, 1.165) is 11.1 Å². The molecule has 2 N–H and O–H groups in total. The summed E-state index contributed by atoms with van der Waals surface area (Å²) in [6.45, 7) is 1.85. The van der Waals surface area contributed by atoms with Crippen LogP contribution in [0.4, 0.5) is 4.79 Å². The van der Waals surface area contributed by atoms with Crippen molar-refractivity contribution in [3.63, 3.8) is 0 Å². The van der Waals surface area contributed by atoms with Gasteiger partial charge in [-0.05, 0) is 11.1 Å². The minimum atomic E-state index is -0.881. The smallest absolute Gasteiger partial charge is 0.460 e. The van der Waals surface area contributed by atoms with Crippen molar-refractivity contribution in [1.29, 1.82) is 0 Å². The van der Waals surface area contributed by atoms with Crippen molar-refractivity contribution < 1.29 is 38.7 Å². The first-order chi connectivity index (χ1) is 14.5. The third kappa shape index (κ3) is 10.8. The van der Waals surface area contributed by atoms with Gasteiger partial charge in [-0.15, -0.1) is 0 Å². The minimum Gasteiger partial charge on any atom is -0.460 e. The monoisotopic (exact) mass is 445 g/mol. The fourth-order valence-corrected chi connectivity index (χ4v) is 2.66. The number of carbonyl (C=O) groups is 2. The van der Waals surface area contributed by atoms with E-state index in [1.54, 1.807) is 0 Å². The maximum absolute atomic E-state index is 12.4. The normalized spacial score (nSPS) is 11.9. The van der Waals surface area contributed by atoms with Gasteiger partial charge < -0.3 is 29.2 Å². The molecule has 0 saturated heterocycles. The van der Waals surface area contributed by atoms with E-state index in [1.165, 1.54) is 7.11 Å². The van der Waals surface area contributed by atoms with Gasteiger partial charge in [0.05, 0.1) is 33.5 Å². The highest BCUT2D eigenvalue weighted by Crippen LogP contribution is 2.11. The van der Waals surface area contributed by atoms with Crippen LogP contribution in [0.3, 0.4) is 0 Å². The summed E-state index contributed by atoms with van der Waals surface area (Å²) in [6, 6.07) is 7.49. The lowest BCUT2D eigenvalue weighted by atomic mass is 10.1. The SMILES string of the molecule is COC(=O)OCC(COCCS)C(=O)OCc1ccc(CN(CCO)CCO)cc1. The molecule has 0 aliphatic carbocycles. The Morgan fingerprint density at radius 2 is 1.67 bits per heavy atom. The van der Waals surface area contributed by atoms with Gasteiger partial charge in [-0.2, -0.15) is 12.6 Å². The quantitative estimate of drug-likeness (QED) is 0.205. The van der Waals surface area contributed by atoms with Gasteiger partial charge >= 0.3 is 12.1 Å². The zero-order chi connectivity index (χ0) is 22.2. The van der Waals surface area contributed by atoms with E-state index >= 15 is 0 Å². The van der Waals surface area contributed by atoms with Gasteiger partial charge in [0.1, 0.15) is 19.1 Å². The number of hydrogen-bond acceptors (Lipinski definition) is 10. The van der Waals surface area contributed by atoms with Gasteiger partial charge in [-0.1, -0.05) is 24.3 Å². The molecule has 0 aliphatic heterocycles. The minimum absolute atomic E-state index is 0.0204. The van der Waals surface area contributed by atoms with E-state index in [0.29, 0.717) is 32.0 Å². The summed E-state index contributed by atoms with van der Waals surface area (Å²) in [4.78, 5) is 25.5. The predicted octanol–water partition coefficient (Wildman–Crippen LogP) is 0.862. The lowest BCUT2D eigenvalue weighted by Gasteiger charge is -2.20. The summed E-state index contributed by atoms with van der Waals surface area (Å²) >= 11 is 4.04. The first-order valence-corrected chi connectivity index (χ1v) is 10.2. The summed E-state index contributed by atoms with van der Waals surface area (Å²) in [5, 5.41) is 18.2. The predicted molar refractivity (Wildman–Crippen MR) is 112 cm³/mol. The molecule has 0 radical (unpaired) electrons. The van der Waals surface area contributed by atoms with Gasteiger partial charge in [0.25, 0.3) is 0 Å². The van der Waals surface area contributed by atoms with Crippen molar-refractivity contribution >= 4 is 24.8 Å². The van der Waals surface area contributed by atoms with Crippen LogP contribution in [0.25, 0.3) is 0 Å². The van der Waals surface area contributed by atoms with Crippen molar-refractivity contribution in [2.75, 3.05) is 59.0 Å². The molecule has 0 aliphatic rings. The molecule has 0 amide bonds. The van der Waals surface area contributed by atoms with Crippen LogP contribution in [-0.2, 0) is 36.9 Å². The summed E-state index contributed by atoms with van der Waals surface area (Å²) in [6.07, 6.45) is -0.881. The van der Waals surface area contributed by atoms with E-state index in [1.807, 2.05) is 29.2 Å². The number of aliphatic hydroxyl groups is 2. The molecule has 1 unspecified atom stereocenters. The molecule has 1 atom stereocenters. The molecule has 0 fully saturated rings. The van der Waals surface area contributed by atoms with E-state index in [4.69, 9.17) is 24.4 Å². The molecule has 0 bridgehead atoms. The van der Waals surface area contributed by atoms with Gasteiger partial charge in [-0.25, -0.2) is 4.79 Å². The average molecular weight is 446 g/mol. The van der Waals surface area contributed by atoms with E-state index in [2.05, 4.69) is 17.4 Å². The number of aliphatic hydroxyl groups excluding tert-OH is 2. The fraction of sp³-hybridized carbons (Fsp3) is 0.600. The van der Waals surface area contributed by atoms with Crippen molar-refractivity contribution in [2.24, 2.45) is 5.92 Å². The number of carbonyl (C=O) groups excluding carboxylic acids is 2. The highest BCUT2D eigenvalue weighted by atomic mass is 32.1. The second-order valence-corrected chi connectivity index (χ2v) is 6.86. The summed E-state index contributed by atoms with van der Waals surface area (Å²) in [5.74, 6) is -0.812. The Bertz CT molecular complexity index is 607. The van der Waals surface area contributed by atoms with E-state index in [9.17, 15) is 9.59 Å². The Kier molecular flexibility index (Phi) is 13.9. The number of nitrogens with zero attached hydrogens (tertiary/aromatic N) is 1. The molecular weight excluding hydrogens is 414 g/mol. The molecule has 0 aromatic heterocycles. The lowest BCUT2D eigenvalue weighted by molar-refractivity contribution is -0.153. The van der Waals surface area contributed by atoms with E-state index < -0.39 is 18.0 Å². The number of esters is 1. The Hall–Kier alpha value is -1.85. The lowest BCUT2D eigenvalue weighted by Crippen LogP contribution is -2.29. The number of thiol groups is 1. The highest BCUT2D eigenvalue weighted by Gasteiger charge is 2.23. The molecular formula is C20H31NO8S. The fourth-order valence-electron chi connectivity index (χ4n) is 2.53. The summed E-state index contributed by atoms with van der Waals surface area (Å²) < 4.78 is 19.9. The molecule has 9 nitrogen and oxygen atoms in total. The Morgan fingerprint density at radius 3 is 2.23 bits per heavy atom. The number of ether oxygens (including phenoxy) is 4. The van der Waals surface area contributed by atoms with Crippen LogP contribution in [0.15, 0.2) is 24.3 Å². The number of benzene rings is 1. The number of hydrogen-bond donors (Lipinski definition) is 3. The Labute approximate surface area is 182 Å². The standard InChI is InChI=1S/C20H31NO8S/c1-26-20(25)29-15-18(14-27-10-11-30)19(24)28-13-17-4-2-16(3-5-17)12-21(6-8-22)7-9-23/h2-5,18,22-23,30H,6-15H2,1H3. The van der Waals surface area contributed by atoms with Crippen molar-refractivity contribution in [3.8, 4) is 0 Å². The molecule has 1 rings (SSSR count). The number of rotatable bonds is 15. The molecule has 1 aromatic rings. The Morgan fingerprint density at radius 1 is 1.03 bits per heavy atom. The largest absolute Gasteiger partial charge is 0.508 e. The second kappa shape index (κ2) is 15.9. The van der Waals surface area contributed by atoms with Gasteiger partial charge in [0, 0.05) is 25.4 Å².